The Morgan fingerprint density at radius 1 is 0.656 bits per heavy atom. The number of hydrogen-bond donors (Lipinski definition) is 0. The lowest BCUT2D eigenvalue weighted by Gasteiger charge is -2.40. The molecule has 158 valence electrons. The Hall–Kier alpha value is -3.76. The lowest BCUT2D eigenvalue weighted by molar-refractivity contribution is -0.00533. The SMILES string of the molecule is C1=CC(Oc2ccccc2)(c2cccs2)C(Oc2ccccc2)C(Oc2ccccc2)=C1. The summed E-state index contributed by atoms with van der Waals surface area (Å²) in [7, 11) is 0. The number of para-hydroxylation sites is 3. The first-order chi connectivity index (χ1) is 15.8. The van der Waals surface area contributed by atoms with E-state index in [1.807, 2.05) is 109 Å². The first-order valence-corrected chi connectivity index (χ1v) is 11.3. The summed E-state index contributed by atoms with van der Waals surface area (Å²) in [5, 5.41) is 2.05. The van der Waals surface area contributed by atoms with Crippen molar-refractivity contribution in [2.45, 2.75) is 11.7 Å². The Kier molecular flexibility index (Phi) is 5.77. The quantitative estimate of drug-likeness (QED) is 0.311. The predicted molar refractivity (Wildman–Crippen MR) is 128 cm³/mol. The summed E-state index contributed by atoms with van der Waals surface area (Å²) in [6.07, 6.45) is 5.43. The van der Waals surface area contributed by atoms with Gasteiger partial charge in [0.15, 0.2) is 0 Å². The van der Waals surface area contributed by atoms with Crippen LogP contribution in [0.2, 0.25) is 0 Å². The molecule has 0 aliphatic heterocycles. The van der Waals surface area contributed by atoms with E-state index in [1.54, 1.807) is 11.3 Å². The Balaban J connectivity index is 1.61. The molecule has 0 saturated heterocycles. The molecule has 2 unspecified atom stereocenters. The van der Waals surface area contributed by atoms with Crippen molar-refractivity contribution in [1.82, 2.24) is 0 Å². The molecular formula is C28H22O3S. The van der Waals surface area contributed by atoms with E-state index in [2.05, 4.69) is 17.5 Å². The molecule has 3 aromatic carbocycles. The molecule has 1 aliphatic rings. The second kappa shape index (κ2) is 9.16. The standard InChI is InChI=1S/C28H22O3S/c1-4-12-22(13-5-1)29-25-18-10-20-28(26-19-11-21-32-26,31-24-16-8-3-9-17-24)27(25)30-23-14-6-2-7-15-23/h1-21,27H. The van der Waals surface area contributed by atoms with Gasteiger partial charge in [0.1, 0.15) is 23.0 Å². The average molecular weight is 439 g/mol. The van der Waals surface area contributed by atoms with Crippen LogP contribution in [0.3, 0.4) is 0 Å². The molecule has 1 aliphatic carbocycles. The van der Waals surface area contributed by atoms with Crippen LogP contribution >= 0.6 is 11.3 Å². The third-order valence-electron chi connectivity index (χ3n) is 5.16. The Morgan fingerprint density at radius 3 is 1.91 bits per heavy atom. The molecule has 0 amide bonds. The number of benzene rings is 3. The van der Waals surface area contributed by atoms with Crippen molar-refractivity contribution in [3.63, 3.8) is 0 Å². The number of ether oxygens (including phenoxy) is 3. The summed E-state index contributed by atoms with van der Waals surface area (Å²) < 4.78 is 19.6. The van der Waals surface area contributed by atoms with E-state index in [1.165, 1.54) is 0 Å². The minimum Gasteiger partial charge on any atom is -0.477 e. The van der Waals surface area contributed by atoms with Gasteiger partial charge in [-0.05, 0) is 60.0 Å². The van der Waals surface area contributed by atoms with Crippen molar-refractivity contribution in [3.8, 4) is 17.2 Å². The molecule has 0 N–H and O–H groups in total. The normalized spacial score (nSPS) is 19.8. The van der Waals surface area contributed by atoms with Crippen molar-refractivity contribution in [2.24, 2.45) is 0 Å². The van der Waals surface area contributed by atoms with E-state index in [4.69, 9.17) is 14.2 Å². The highest BCUT2D eigenvalue weighted by Gasteiger charge is 2.48. The van der Waals surface area contributed by atoms with Gasteiger partial charge in [0.05, 0.1) is 4.88 Å². The van der Waals surface area contributed by atoms with Gasteiger partial charge in [-0.1, -0.05) is 66.7 Å². The Labute approximate surface area is 191 Å². The van der Waals surface area contributed by atoms with Gasteiger partial charge in [0.2, 0.25) is 11.7 Å². The molecule has 0 bridgehead atoms. The van der Waals surface area contributed by atoms with Crippen LogP contribution in [0.5, 0.6) is 17.2 Å². The summed E-state index contributed by atoms with van der Waals surface area (Å²) in [4.78, 5) is 1.03. The van der Waals surface area contributed by atoms with E-state index in [0.29, 0.717) is 5.76 Å². The van der Waals surface area contributed by atoms with E-state index < -0.39 is 11.7 Å². The molecule has 1 aromatic heterocycles. The summed E-state index contributed by atoms with van der Waals surface area (Å²) in [6, 6.07) is 33.4. The van der Waals surface area contributed by atoms with Gasteiger partial charge < -0.3 is 14.2 Å². The van der Waals surface area contributed by atoms with Crippen molar-refractivity contribution in [2.75, 3.05) is 0 Å². The highest BCUT2D eigenvalue weighted by molar-refractivity contribution is 7.10. The molecule has 1 heterocycles. The highest BCUT2D eigenvalue weighted by atomic mass is 32.1. The third-order valence-corrected chi connectivity index (χ3v) is 6.17. The fraction of sp³-hybridized carbons (Fsp3) is 0.0714. The molecule has 2 atom stereocenters. The van der Waals surface area contributed by atoms with Gasteiger partial charge in [0, 0.05) is 0 Å². The monoisotopic (exact) mass is 438 g/mol. The van der Waals surface area contributed by atoms with Gasteiger partial charge in [-0.3, -0.25) is 0 Å². The first kappa shape index (κ1) is 20.2. The summed E-state index contributed by atoms with van der Waals surface area (Å²) in [5.41, 5.74) is -0.899. The Bertz CT molecular complexity index is 1190. The number of thiophene rings is 1. The van der Waals surface area contributed by atoms with Crippen LogP contribution in [0.15, 0.2) is 132 Å². The van der Waals surface area contributed by atoms with Gasteiger partial charge in [0.25, 0.3) is 0 Å². The van der Waals surface area contributed by atoms with Crippen LogP contribution in [0.1, 0.15) is 4.88 Å². The fourth-order valence-corrected chi connectivity index (χ4v) is 4.56. The molecule has 0 fully saturated rings. The van der Waals surface area contributed by atoms with E-state index in [9.17, 15) is 0 Å². The van der Waals surface area contributed by atoms with Crippen LogP contribution in [0.25, 0.3) is 0 Å². The molecule has 3 nitrogen and oxygen atoms in total. The lowest BCUT2D eigenvalue weighted by atomic mass is 9.88. The fourth-order valence-electron chi connectivity index (χ4n) is 3.70. The van der Waals surface area contributed by atoms with E-state index in [0.717, 1.165) is 22.1 Å². The van der Waals surface area contributed by atoms with Crippen molar-refractivity contribution >= 4 is 11.3 Å². The largest absolute Gasteiger partial charge is 0.477 e. The minimum absolute atomic E-state index is 0.547. The van der Waals surface area contributed by atoms with Crippen LogP contribution in [0, 0.1) is 0 Å². The highest BCUT2D eigenvalue weighted by Crippen LogP contribution is 2.42. The summed E-state index contributed by atoms with van der Waals surface area (Å²) in [5.74, 6) is 2.92. The average Bonchev–Trinajstić information content (AvgIpc) is 3.39. The lowest BCUT2D eigenvalue weighted by Crippen LogP contribution is -2.49. The van der Waals surface area contributed by atoms with Gasteiger partial charge >= 0.3 is 0 Å². The third kappa shape index (κ3) is 4.18. The van der Waals surface area contributed by atoms with E-state index >= 15 is 0 Å². The maximum Gasteiger partial charge on any atom is 0.205 e. The van der Waals surface area contributed by atoms with Crippen molar-refractivity contribution < 1.29 is 14.2 Å². The second-order valence-electron chi connectivity index (χ2n) is 7.34. The first-order valence-electron chi connectivity index (χ1n) is 10.5. The molecule has 4 aromatic rings. The van der Waals surface area contributed by atoms with Crippen LogP contribution in [0.4, 0.5) is 0 Å². The number of hydrogen-bond acceptors (Lipinski definition) is 4. The molecule has 0 radical (unpaired) electrons. The predicted octanol–water partition coefficient (Wildman–Crippen LogP) is 7.00. The van der Waals surface area contributed by atoms with Gasteiger partial charge in [-0.25, -0.2) is 0 Å². The number of allylic oxidation sites excluding steroid dienone is 2. The zero-order chi connectivity index (χ0) is 21.6. The molecule has 0 saturated carbocycles. The van der Waals surface area contributed by atoms with E-state index in [-0.39, 0.29) is 0 Å². The molecule has 0 spiro atoms. The van der Waals surface area contributed by atoms with Crippen molar-refractivity contribution in [1.29, 1.82) is 0 Å². The zero-order valence-corrected chi connectivity index (χ0v) is 18.2. The maximum atomic E-state index is 6.72. The van der Waals surface area contributed by atoms with Crippen LogP contribution in [-0.2, 0) is 5.60 Å². The van der Waals surface area contributed by atoms with Crippen LogP contribution < -0.4 is 14.2 Å². The van der Waals surface area contributed by atoms with Gasteiger partial charge in [-0.15, -0.1) is 11.3 Å². The topological polar surface area (TPSA) is 27.7 Å². The molecule has 5 rings (SSSR count). The maximum absolute atomic E-state index is 6.72. The number of rotatable bonds is 7. The summed E-state index contributed by atoms with van der Waals surface area (Å²) >= 11 is 1.63. The molecule has 4 heteroatoms. The molecular weight excluding hydrogens is 416 g/mol. The Morgan fingerprint density at radius 2 is 1.28 bits per heavy atom. The molecule has 32 heavy (non-hydrogen) atoms. The smallest absolute Gasteiger partial charge is 0.205 e. The van der Waals surface area contributed by atoms with Crippen molar-refractivity contribution in [3.05, 3.63) is 137 Å². The minimum atomic E-state index is -0.899. The van der Waals surface area contributed by atoms with Crippen LogP contribution in [-0.4, -0.2) is 6.10 Å². The summed E-state index contributed by atoms with van der Waals surface area (Å²) in [6.45, 7) is 0. The zero-order valence-electron chi connectivity index (χ0n) is 17.3. The van der Waals surface area contributed by atoms with Gasteiger partial charge in [-0.2, -0.15) is 0 Å². The second-order valence-corrected chi connectivity index (χ2v) is 8.29.